The number of thioether (sulfide) groups is 1. The van der Waals surface area contributed by atoms with E-state index in [9.17, 15) is 9.59 Å². The molecule has 3 rings (SSSR count). The summed E-state index contributed by atoms with van der Waals surface area (Å²) in [5, 5.41) is 3.48. The van der Waals surface area contributed by atoms with Gasteiger partial charge in [0.1, 0.15) is 11.3 Å². The number of hydrogen-bond acceptors (Lipinski definition) is 5. The molecule has 1 aromatic heterocycles. The first-order chi connectivity index (χ1) is 12.7. The van der Waals surface area contributed by atoms with Gasteiger partial charge in [0, 0.05) is 11.1 Å². The van der Waals surface area contributed by atoms with Crippen LogP contribution in [0.3, 0.4) is 0 Å². The molecule has 0 atom stereocenters. The minimum atomic E-state index is -0.587. The number of nitrogens with one attached hydrogen (secondary N) is 1. The largest absolute Gasteiger partial charge is 0.460 e. The molecule has 0 radical (unpaired) electrons. The number of carbonyl (C=O) groups is 2. The normalized spacial score (nSPS) is 10.7. The van der Waals surface area contributed by atoms with Crippen LogP contribution in [0.1, 0.15) is 23.0 Å². The van der Waals surface area contributed by atoms with E-state index in [0.717, 1.165) is 11.3 Å². The summed E-state index contributed by atoms with van der Waals surface area (Å²) in [5.74, 6) is 0.260. The summed E-state index contributed by atoms with van der Waals surface area (Å²) in [7, 11) is 0. The van der Waals surface area contributed by atoms with Crippen LogP contribution >= 0.6 is 11.8 Å². The fourth-order valence-electron chi connectivity index (χ4n) is 2.52. The monoisotopic (exact) mass is 369 g/mol. The van der Waals surface area contributed by atoms with Gasteiger partial charge in [-0.2, -0.15) is 0 Å². The standard InChI is InChI=1S/C20H19NO4S/c1-2-24-20(23)19-18(15-10-6-7-11-16(15)25-19)21-17(22)13-26-12-14-8-4-3-5-9-14/h3-11H,2,12-13H2,1H3,(H,21,22). The molecule has 0 aliphatic carbocycles. The summed E-state index contributed by atoms with van der Waals surface area (Å²) in [5.41, 5.74) is 2.05. The van der Waals surface area contributed by atoms with Gasteiger partial charge in [0.15, 0.2) is 0 Å². The molecule has 0 bridgehead atoms. The minimum absolute atomic E-state index is 0.0226. The fraction of sp³-hybridized carbons (Fsp3) is 0.200. The van der Waals surface area contributed by atoms with E-state index in [0.29, 0.717) is 16.7 Å². The zero-order valence-corrected chi connectivity index (χ0v) is 15.2. The summed E-state index contributed by atoms with van der Waals surface area (Å²) >= 11 is 1.51. The first-order valence-corrected chi connectivity index (χ1v) is 9.44. The molecular formula is C20H19NO4S. The average molecular weight is 369 g/mol. The Morgan fingerprint density at radius 1 is 1.08 bits per heavy atom. The van der Waals surface area contributed by atoms with E-state index < -0.39 is 5.97 Å². The highest BCUT2D eigenvalue weighted by Crippen LogP contribution is 2.31. The molecule has 6 heteroatoms. The number of carbonyl (C=O) groups excluding carboxylic acids is 2. The van der Waals surface area contributed by atoms with Gasteiger partial charge in [0.25, 0.3) is 0 Å². The predicted molar refractivity (Wildman–Crippen MR) is 103 cm³/mol. The number of para-hydroxylation sites is 1. The van der Waals surface area contributed by atoms with E-state index in [4.69, 9.17) is 9.15 Å². The van der Waals surface area contributed by atoms with Gasteiger partial charge in [-0.25, -0.2) is 4.79 Å². The maximum absolute atomic E-state index is 12.4. The minimum Gasteiger partial charge on any atom is -0.460 e. The third-order valence-electron chi connectivity index (χ3n) is 3.67. The highest BCUT2D eigenvalue weighted by atomic mass is 32.2. The Bertz CT molecular complexity index is 905. The van der Waals surface area contributed by atoms with Gasteiger partial charge >= 0.3 is 5.97 Å². The summed E-state index contributed by atoms with van der Waals surface area (Å²) in [6.07, 6.45) is 0. The van der Waals surface area contributed by atoms with Crippen LogP contribution in [0.4, 0.5) is 5.69 Å². The molecule has 2 aromatic carbocycles. The molecule has 1 heterocycles. The first-order valence-electron chi connectivity index (χ1n) is 8.29. The first kappa shape index (κ1) is 18.1. The second kappa shape index (κ2) is 8.58. The predicted octanol–water partition coefficient (Wildman–Crippen LogP) is 4.48. The Morgan fingerprint density at radius 3 is 2.58 bits per heavy atom. The Labute approximate surface area is 155 Å². The lowest BCUT2D eigenvalue weighted by atomic mass is 10.2. The molecule has 0 fully saturated rings. The number of esters is 1. The van der Waals surface area contributed by atoms with Gasteiger partial charge in [0.05, 0.1) is 12.4 Å². The number of rotatable bonds is 7. The zero-order chi connectivity index (χ0) is 18.4. The molecule has 0 aliphatic rings. The quantitative estimate of drug-likeness (QED) is 0.622. The molecule has 0 unspecified atom stereocenters. The Balaban J connectivity index is 1.71. The van der Waals surface area contributed by atoms with Crippen molar-refractivity contribution >= 4 is 40.3 Å². The molecule has 1 N–H and O–H groups in total. The van der Waals surface area contributed by atoms with Gasteiger partial charge in [-0.05, 0) is 24.6 Å². The zero-order valence-electron chi connectivity index (χ0n) is 14.4. The molecular weight excluding hydrogens is 350 g/mol. The van der Waals surface area contributed by atoms with Gasteiger partial charge in [0.2, 0.25) is 11.7 Å². The van der Waals surface area contributed by atoms with Crippen LogP contribution in [0.25, 0.3) is 11.0 Å². The Morgan fingerprint density at radius 2 is 1.81 bits per heavy atom. The maximum Gasteiger partial charge on any atom is 0.376 e. The lowest BCUT2D eigenvalue weighted by Crippen LogP contribution is -2.16. The van der Waals surface area contributed by atoms with Crippen molar-refractivity contribution in [3.63, 3.8) is 0 Å². The third kappa shape index (κ3) is 4.26. The molecule has 0 aliphatic heterocycles. The average Bonchev–Trinajstić information content (AvgIpc) is 3.01. The number of fused-ring (bicyclic) bond motifs is 1. The second-order valence-corrected chi connectivity index (χ2v) is 6.53. The van der Waals surface area contributed by atoms with E-state index in [1.165, 1.54) is 11.8 Å². The van der Waals surface area contributed by atoms with Crippen LogP contribution in [-0.4, -0.2) is 24.2 Å². The van der Waals surface area contributed by atoms with Crippen LogP contribution in [0.5, 0.6) is 0 Å². The van der Waals surface area contributed by atoms with Crippen LogP contribution < -0.4 is 5.32 Å². The molecule has 26 heavy (non-hydrogen) atoms. The van der Waals surface area contributed by atoms with Crippen LogP contribution in [0.2, 0.25) is 0 Å². The van der Waals surface area contributed by atoms with Crippen molar-refractivity contribution in [2.24, 2.45) is 0 Å². The molecule has 5 nitrogen and oxygen atoms in total. The van der Waals surface area contributed by atoms with Crippen molar-refractivity contribution in [1.82, 2.24) is 0 Å². The van der Waals surface area contributed by atoms with Crippen LogP contribution in [0, 0.1) is 0 Å². The fourth-order valence-corrected chi connectivity index (χ4v) is 3.31. The van der Waals surface area contributed by atoms with E-state index >= 15 is 0 Å². The number of furan rings is 1. The van der Waals surface area contributed by atoms with Crippen molar-refractivity contribution in [2.45, 2.75) is 12.7 Å². The van der Waals surface area contributed by atoms with Crippen molar-refractivity contribution in [3.05, 3.63) is 65.9 Å². The smallest absolute Gasteiger partial charge is 0.376 e. The summed E-state index contributed by atoms with van der Waals surface area (Å²) in [6.45, 7) is 1.95. The summed E-state index contributed by atoms with van der Waals surface area (Å²) in [6, 6.07) is 17.1. The van der Waals surface area contributed by atoms with Gasteiger partial charge in [-0.15, -0.1) is 11.8 Å². The van der Waals surface area contributed by atoms with E-state index in [1.54, 1.807) is 19.1 Å². The summed E-state index contributed by atoms with van der Waals surface area (Å²) < 4.78 is 10.6. The van der Waals surface area contributed by atoms with Gasteiger partial charge < -0.3 is 14.5 Å². The van der Waals surface area contributed by atoms with E-state index in [-0.39, 0.29) is 24.0 Å². The topological polar surface area (TPSA) is 68.5 Å². The number of amides is 1. The Kier molecular flexibility index (Phi) is 5.96. The maximum atomic E-state index is 12.4. The molecule has 134 valence electrons. The number of anilines is 1. The molecule has 1 amide bonds. The number of hydrogen-bond donors (Lipinski definition) is 1. The van der Waals surface area contributed by atoms with Crippen molar-refractivity contribution in [3.8, 4) is 0 Å². The van der Waals surface area contributed by atoms with Crippen molar-refractivity contribution in [1.29, 1.82) is 0 Å². The lowest BCUT2D eigenvalue weighted by Gasteiger charge is -2.06. The number of ether oxygens (including phenoxy) is 1. The Hall–Kier alpha value is -2.73. The molecule has 0 spiro atoms. The van der Waals surface area contributed by atoms with Crippen molar-refractivity contribution < 1.29 is 18.7 Å². The molecule has 0 saturated carbocycles. The van der Waals surface area contributed by atoms with E-state index in [1.807, 2.05) is 42.5 Å². The highest BCUT2D eigenvalue weighted by Gasteiger charge is 2.23. The highest BCUT2D eigenvalue weighted by molar-refractivity contribution is 7.99. The van der Waals surface area contributed by atoms with Crippen molar-refractivity contribution in [2.75, 3.05) is 17.7 Å². The molecule has 3 aromatic rings. The van der Waals surface area contributed by atoms with E-state index in [2.05, 4.69) is 5.32 Å². The SMILES string of the molecule is CCOC(=O)c1oc2ccccc2c1NC(=O)CSCc1ccccc1. The second-order valence-electron chi connectivity index (χ2n) is 5.55. The summed E-state index contributed by atoms with van der Waals surface area (Å²) in [4.78, 5) is 24.5. The van der Waals surface area contributed by atoms with Crippen LogP contribution in [0.15, 0.2) is 59.0 Å². The van der Waals surface area contributed by atoms with Gasteiger partial charge in [-0.1, -0.05) is 42.5 Å². The lowest BCUT2D eigenvalue weighted by molar-refractivity contribution is -0.113. The number of benzene rings is 2. The third-order valence-corrected chi connectivity index (χ3v) is 4.67. The van der Waals surface area contributed by atoms with Gasteiger partial charge in [-0.3, -0.25) is 4.79 Å². The molecule has 0 saturated heterocycles. The van der Waals surface area contributed by atoms with Crippen LogP contribution in [-0.2, 0) is 15.3 Å².